The molecule has 1 amide bonds. The molecule has 5 nitrogen and oxygen atoms in total. The van der Waals surface area contributed by atoms with Crippen molar-refractivity contribution in [2.24, 2.45) is 0 Å². The fourth-order valence-electron chi connectivity index (χ4n) is 3.00. The Kier molecular flexibility index (Phi) is 4.13. The molecular formula is C17H21N3O2. The molecule has 1 aromatic heterocycles. The Morgan fingerprint density at radius 1 is 1.36 bits per heavy atom. The molecule has 1 fully saturated rings. The Balaban J connectivity index is 1.67. The molecule has 0 radical (unpaired) electrons. The SMILES string of the molecule is CCc1ccc(C(=O)N2CCC(n3ccnc3)CC2)c(O)c1. The number of likely N-dealkylation sites (tertiary alicyclic amines) is 1. The normalized spacial score (nSPS) is 16.0. The molecule has 1 aromatic carbocycles. The van der Waals surface area contributed by atoms with Gasteiger partial charge in [0.05, 0.1) is 11.9 Å². The van der Waals surface area contributed by atoms with Gasteiger partial charge < -0.3 is 14.6 Å². The number of imidazole rings is 1. The van der Waals surface area contributed by atoms with Gasteiger partial charge in [0.15, 0.2) is 0 Å². The van der Waals surface area contributed by atoms with E-state index in [2.05, 4.69) is 9.55 Å². The van der Waals surface area contributed by atoms with Crippen molar-refractivity contribution in [3.63, 3.8) is 0 Å². The predicted molar refractivity (Wildman–Crippen MR) is 83.9 cm³/mol. The van der Waals surface area contributed by atoms with E-state index >= 15 is 0 Å². The van der Waals surface area contributed by atoms with Gasteiger partial charge in [0.1, 0.15) is 5.75 Å². The molecule has 1 aliphatic rings. The topological polar surface area (TPSA) is 58.4 Å². The second-order valence-electron chi connectivity index (χ2n) is 5.74. The lowest BCUT2D eigenvalue weighted by atomic mass is 10.0. The van der Waals surface area contributed by atoms with Gasteiger partial charge in [0.2, 0.25) is 0 Å². The van der Waals surface area contributed by atoms with E-state index in [0.717, 1.165) is 24.8 Å². The highest BCUT2D eigenvalue weighted by Crippen LogP contribution is 2.26. The summed E-state index contributed by atoms with van der Waals surface area (Å²) in [6.45, 7) is 3.43. The van der Waals surface area contributed by atoms with Gasteiger partial charge in [-0.1, -0.05) is 13.0 Å². The van der Waals surface area contributed by atoms with Crippen LogP contribution in [0.4, 0.5) is 0 Å². The molecule has 0 spiro atoms. The first-order valence-electron chi connectivity index (χ1n) is 7.77. The van der Waals surface area contributed by atoms with Crippen LogP contribution in [0.3, 0.4) is 0 Å². The van der Waals surface area contributed by atoms with E-state index in [1.165, 1.54) is 0 Å². The van der Waals surface area contributed by atoms with Crippen LogP contribution in [-0.4, -0.2) is 38.6 Å². The van der Waals surface area contributed by atoms with Gasteiger partial charge in [0.25, 0.3) is 5.91 Å². The van der Waals surface area contributed by atoms with Crippen molar-refractivity contribution in [3.8, 4) is 5.75 Å². The van der Waals surface area contributed by atoms with Crippen LogP contribution in [0.25, 0.3) is 0 Å². The van der Waals surface area contributed by atoms with Crippen molar-refractivity contribution in [2.45, 2.75) is 32.2 Å². The molecule has 0 aliphatic carbocycles. The number of phenolic OH excluding ortho intramolecular Hbond substituents is 1. The second kappa shape index (κ2) is 6.22. The van der Waals surface area contributed by atoms with Crippen LogP contribution in [0.15, 0.2) is 36.9 Å². The van der Waals surface area contributed by atoms with E-state index in [4.69, 9.17) is 0 Å². The Labute approximate surface area is 130 Å². The standard InChI is InChI=1S/C17H21N3O2/c1-2-13-3-4-15(16(21)11-13)17(22)19-8-5-14(6-9-19)20-10-7-18-12-20/h3-4,7,10-12,14,21H,2,5-6,8-9H2,1H3. The van der Waals surface area contributed by atoms with Crippen molar-refractivity contribution in [1.82, 2.24) is 14.5 Å². The van der Waals surface area contributed by atoms with Gasteiger partial charge in [-0.05, 0) is 37.0 Å². The van der Waals surface area contributed by atoms with E-state index in [9.17, 15) is 9.90 Å². The number of aryl methyl sites for hydroxylation is 1. The summed E-state index contributed by atoms with van der Waals surface area (Å²) in [7, 11) is 0. The third-order valence-electron chi connectivity index (χ3n) is 4.40. The van der Waals surface area contributed by atoms with Gasteiger partial charge in [-0.3, -0.25) is 4.79 Å². The fourth-order valence-corrected chi connectivity index (χ4v) is 3.00. The number of carbonyl (C=O) groups is 1. The van der Waals surface area contributed by atoms with Gasteiger partial charge in [-0.2, -0.15) is 0 Å². The summed E-state index contributed by atoms with van der Waals surface area (Å²) < 4.78 is 2.11. The molecule has 116 valence electrons. The van der Waals surface area contributed by atoms with Crippen molar-refractivity contribution in [2.75, 3.05) is 13.1 Å². The van der Waals surface area contributed by atoms with Crippen LogP contribution in [-0.2, 0) is 6.42 Å². The molecule has 1 saturated heterocycles. The molecule has 0 bridgehead atoms. The van der Waals surface area contributed by atoms with Crippen LogP contribution >= 0.6 is 0 Å². The number of piperidine rings is 1. The summed E-state index contributed by atoms with van der Waals surface area (Å²) in [6.07, 6.45) is 8.25. The molecule has 1 N–H and O–H groups in total. The molecule has 3 rings (SSSR count). The van der Waals surface area contributed by atoms with E-state index in [0.29, 0.717) is 24.7 Å². The van der Waals surface area contributed by atoms with Crippen molar-refractivity contribution in [1.29, 1.82) is 0 Å². The second-order valence-corrected chi connectivity index (χ2v) is 5.74. The largest absolute Gasteiger partial charge is 0.507 e. The zero-order valence-corrected chi connectivity index (χ0v) is 12.8. The summed E-state index contributed by atoms with van der Waals surface area (Å²) in [5.41, 5.74) is 1.44. The summed E-state index contributed by atoms with van der Waals surface area (Å²) in [5.74, 6) is 0.00492. The van der Waals surface area contributed by atoms with Crippen LogP contribution in [0.1, 0.15) is 41.7 Å². The lowest BCUT2D eigenvalue weighted by molar-refractivity contribution is 0.0691. The lowest BCUT2D eigenvalue weighted by Gasteiger charge is -2.32. The molecular weight excluding hydrogens is 278 g/mol. The minimum atomic E-state index is -0.0794. The molecule has 2 aromatic rings. The number of rotatable bonds is 3. The minimum Gasteiger partial charge on any atom is -0.507 e. The van der Waals surface area contributed by atoms with Gasteiger partial charge in [-0.15, -0.1) is 0 Å². The first-order valence-corrected chi connectivity index (χ1v) is 7.77. The number of hydrogen-bond acceptors (Lipinski definition) is 3. The summed E-state index contributed by atoms with van der Waals surface area (Å²) >= 11 is 0. The summed E-state index contributed by atoms with van der Waals surface area (Å²) in [6, 6.07) is 5.73. The van der Waals surface area contributed by atoms with E-state index in [-0.39, 0.29) is 11.7 Å². The smallest absolute Gasteiger partial charge is 0.257 e. The van der Waals surface area contributed by atoms with E-state index < -0.39 is 0 Å². The van der Waals surface area contributed by atoms with Gasteiger partial charge >= 0.3 is 0 Å². The molecule has 1 aliphatic heterocycles. The van der Waals surface area contributed by atoms with Crippen LogP contribution in [0.2, 0.25) is 0 Å². The Bertz CT molecular complexity index is 644. The zero-order chi connectivity index (χ0) is 15.5. The highest BCUT2D eigenvalue weighted by Gasteiger charge is 2.25. The van der Waals surface area contributed by atoms with Gasteiger partial charge in [-0.25, -0.2) is 4.98 Å². The molecule has 5 heteroatoms. The molecule has 0 saturated carbocycles. The molecule has 0 unspecified atom stereocenters. The quantitative estimate of drug-likeness (QED) is 0.948. The lowest BCUT2D eigenvalue weighted by Crippen LogP contribution is -2.38. The third kappa shape index (κ3) is 2.84. The number of aromatic nitrogens is 2. The maximum Gasteiger partial charge on any atom is 0.257 e. The monoisotopic (exact) mass is 299 g/mol. The number of aromatic hydroxyl groups is 1. The maximum absolute atomic E-state index is 12.6. The van der Waals surface area contributed by atoms with Crippen molar-refractivity contribution in [3.05, 3.63) is 48.0 Å². The minimum absolute atomic E-state index is 0.0794. The third-order valence-corrected chi connectivity index (χ3v) is 4.40. The molecule has 22 heavy (non-hydrogen) atoms. The van der Waals surface area contributed by atoms with E-state index in [1.54, 1.807) is 18.3 Å². The van der Waals surface area contributed by atoms with E-state index in [1.807, 2.05) is 30.4 Å². The van der Waals surface area contributed by atoms with Crippen LogP contribution in [0, 0.1) is 0 Å². The summed E-state index contributed by atoms with van der Waals surface area (Å²) in [5, 5.41) is 10.1. The molecule has 0 atom stereocenters. The van der Waals surface area contributed by atoms with Crippen molar-refractivity contribution < 1.29 is 9.90 Å². The maximum atomic E-state index is 12.6. The molecule has 2 heterocycles. The Morgan fingerprint density at radius 3 is 2.73 bits per heavy atom. The van der Waals surface area contributed by atoms with Crippen molar-refractivity contribution >= 4 is 5.91 Å². The average Bonchev–Trinajstić information content (AvgIpc) is 3.08. The first kappa shape index (κ1) is 14.6. The number of hydrogen-bond donors (Lipinski definition) is 1. The predicted octanol–water partition coefficient (Wildman–Crippen LogP) is 2.63. The number of carbonyl (C=O) groups excluding carboxylic acids is 1. The zero-order valence-electron chi connectivity index (χ0n) is 12.8. The Hall–Kier alpha value is -2.30. The fraction of sp³-hybridized carbons (Fsp3) is 0.412. The first-order chi connectivity index (χ1) is 10.7. The Morgan fingerprint density at radius 2 is 2.14 bits per heavy atom. The summed E-state index contributed by atoms with van der Waals surface area (Å²) in [4.78, 5) is 18.5. The number of benzene rings is 1. The van der Waals surface area contributed by atoms with Gasteiger partial charge in [0, 0.05) is 31.5 Å². The number of amides is 1. The number of nitrogens with zero attached hydrogens (tertiary/aromatic N) is 3. The highest BCUT2D eigenvalue weighted by molar-refractivity contribution is 5.97. The highest BCUT2D eigenvalue weighted by atomic mass is 16.3. The average molecular weight is 299 g/mol. The number of phenols is 1. The van der Waals surface area contributed by atoms with Crippen LogP contribution in [0.5, 0.6) is 5.75 Å². The van der Waals surface area contributed by atoms with Crippen LogP contribution < -0.4 is 0 Å².